The van der Waals surface area contributed by atoms with Crippen LogP contribution in [0, 0.1) is 0 Å². The Morgan fingerprint density at radius 1 is 0.531 bits per heavy atom. The molecule has 3 aromatic rings. The standard InChI is InChI=1S/C42H58B2O4S/c1-10-11-12-13-14-15-16-17-18-19-20-32-23-24-33(49-32)29-38-36-27-30(43-45-39(2,3)40(4,5)46-43)21-25-34(36)35-26-22-31(28-37(35)38)44-47-41(6,7)42(8,9)48-44/h21-29H,10-20H2,1-9H3. The third kappa shape index (κ3) is 7.72. The Bertz CT molecular complexity index is 1530. The Kier molecular flexibility index (Phi) is 10.8. The van der Waals surface area contributed by atoms with Gasteiger partial charge in [-0.05, 0) is 125 Å². The van der Waals surface area contributed by atoms with Gasteiger partial charge in [0.2, 0.25) is 0 Å². The fourth-order valence-corrected chi connectivity index (χ4v) is 8.12. The lowest BCUT2D eigenvalue weighted by atomic mass is 9.77. The summed E-state index contributed by atoms with van der Waals surface area (Å²) in [6.45, 7) is 19.2. The smallest absolute Gasteiger partial charge is 0.399 e. The van der Waals surface area contributed by atoms with Crippen LogP contribution < -0.4 is 10.9 Å². The first kappa shape index (κ1) is 36.6. The Hall–Kier alpha value is -2.15. The van der Waals surface area contributed by atoms with Gasteiger partial charge < -0.3 is 18.6 Å². The molecule has 2 aromatic carbocycles. The van der Waals surface area contributed by atoms with Gasteiger partial charge in [-0.25, -0.2) is 0 Å². The Morgan fingerprint density at radius 3 is 1.41 bits per heavy atom. The summed E-state index contributed by atoms with van der Waals surface area (Å²) in [5.41, 5.74) is 6.69. The highest BCUT2D eigenvalue weighted by molar-refractivity contribution is 7.13. The van der Waals surface area contributed by atoms with E-state index in [0.717, 1.165) is 17.3 Å². The first-order valence-corrected chi connectivity index (χ1v) is 19.8. The van der Waals surface area contributed by atoms with Crippen LogP contribution in [-0.2, 0) is 25.0 Å². The van der Waals surface area contributed by atoms with Crippen molar-refractivity contribution < 1.29 is 18.6 Å². The molecular weight excluding hydrogens is 622 g/mol. The number of hydrogen-bond acceptors (Lipinski definition) is 5. The minimum atomic E-state index is -0.407. The van der Waals surface area contributed by atoms with E-state index < -0.39 is 36.6 Å². The number of unbranched alkanes of at least 4 members (excludes halogenated alkanes) is 9. The molecule has 0 bridgehead atoms. The van der Waals surface area contributed by atoms with Gasteiger partial charge in [0.15, 0.2) is 0 Å². The summed E-state index contributed by atoms with van der Waals surface area (Å²) in [7, 11) is -0.815. The molecule has 1 aromatic heterocycles. The van der Waals surface area contributed by atoms with Crippen LogP contribution in [0.2, 0.25) is 0 Å². The van der Waals surface area contributed by atoms with Crippen molar-refractivity contribution in [2.45, 2.75) is 155 Å². The SMILES string of the molecule is CCCCCCCCCCCCc1ccc(C=C2c3cc(B4OC(C)(C)C(C)(C)O4)ccc3-c3ccc(B4OC(C)(C)C(C)(C)O4)cc32)s1. The molecule has 7 heteroatoms. The normalized spacial score (nSPS) is 19.8. The molecule has 4 nitrogen and oxygen atoms in total. The lowest BCUT2D eigenvalue weighted by Crippen LogP contribution is -2.41. The van der Waals surface area contributed by atoms with Crippen molar-refractivity contribution in [2.75, 3.05) is 0 Å². The van der Waals surface area contributed by atoms with Crippen LogP contribution in [0.1, 0.15) is 147 Å². The zero-order valence-electron chi connectivity index (χ0n) is 31.7. The molecular formula is C42H58B2O4S. The predicted octanol–water partition coefficient (Wildman–Crippen LogP) is 10.4. The van der Waals surface area contributed by atoms with Crippen LogP contribution >= 0.6 is 11.3 Å². The summed E-state index contributed by atoms with van der Waals surface area (Å²) in [4.78, 5) is 2.76. The Morgan fingerprint density at radius 2 is 0.959 bits per heavy atom. The van der Waals surface area contributed by atoms with Crippen molar-refractivity contribution in [3.05, 3.63) is 69.4 Å². The summed E-state index contributed by atoms with van der Waals surface area (Å²) in [5.74, 6) is 0. The van der Waals surface area contributed by atoms with Crippen molar-refractivity contribution >= 4 is 48.1 Å². The highest BCUT2D eigenvalue weighted by Crippen LogP contribution is 2.46. The van der Waals surface area contributed by atoms with Crippen molar-refractivity contribution in [3.8, 4) is 11.1 Å². The zero-order chi connectivity index (χ0) is 35.0. The third-order valence-electron chi connectivity index (χ3n) is 11.8. The molecule has 2 saturated heterocycles. The molecule has 49 heavy (non-hydrogen) atoms. The maximum atomic E-state index is 6.48. The molecule has 0 saturated carbocycles. The largest absolute Gasteiger partial charge is 0.494 e. The number of hydrogen-bond donors (Lipinski definition) is 0. The predicted molar refractivity (Wildman–Crippen MR) is 210 cm³/mol. The molecule has 0 radical (unpaired) electrons. The van der Waals surface area contributed by atoms with Crippen molar-refractivity contribution in [3.63, 3.8) is 0 Å². The molecule has 262 valence electrons. The van der Waals surface area contributed by atoms with E-state index in [0.29, 0.717) is 0 Å². The van der Waals surface area contributed by atoms with E-state index in [2.05, 4.69) is 117 Å². The molecule has 0 unspecified atom stereocenters. The van der Waals surface area contributed by atoms with Crippen molar-refractivity contribution in [1.82, 2.24) is 0 Å². The average Bonchev–Trinajstić information content (AvgIpc) is 3.73. The van der Waals surface area contributed by atoms with Gasteiger partial charge in [0.05, 0.1) is 22.4 Å². The summed E-state index contributed by atoms with van der Waals surface area (Å²) in [5, 5.41) is 0. The van der Waals surface area contributed by atoms with Gasteiger partial charge in [0, 0.05) is 9.75 Å². The average molecular weight is 681 g/mol. The molecule has 3 heterocycles. The summed E-state index contributed by atoms with van der Waals surface area (Å²) in [6, 6.07) is 18.0. The second-order valence-corrected chi connectivity index (χ2v) is 17.8. The Balaban J connectivity index is 1.23. The van der Waals surface area contributed by atoms with E-state index in [9.17, 15) is 0 Å². The minimum absolute atomic E-state index is 0.391. The zero-order valence-corrected chi connectivity index (χ0v) is 32.5. The van der Waals surface area contributed by atoms with Crippen LogP contribution in [0.5, 0.6) is 0 Å². The van der Waals surface area contributed by atoms with Gasteiger partial charge in [0.1, 0.15) is 0 Å². The lowest BCUT2D eigenvalue weighted by molar-refractivity contribution is 0.00578. The third-order valence-corrected chi connectivity index (χ3v) is 12.8. The van der Waals surface area contributed by atoms with Crippen molar-refractivity contribution in [2.24, 2.45) is 0 Å². The van der Waals surface area contributed by atoms with E-state index in [1.165, 1.54) is 102 Å². The number of rotatable bonds is 14. The fraction of sp³-hybridized carbons (Fsp3) is 0.571. The number of benzene rings is 2. The molecule has 0 atom stereocenters. The molecule has 6 rings (SSSR count). The van der Waals surface area contributed by atoms with E-state index in [1.807, 2.05) is 11.3 Å². The van der Waals surface area contributed by atoms with E-state index in [4.69, 9.17) is 18.6 Å². The highest BCUT2D eigenvalue weighted by Gasteiger charge is 2.53. The molecule has 3 aliphatic rings. The minimum Gasteiger partial charge on any atom is -0.399 e. The van der Waals surface area contributed by atoms with Crippen LogP contribution in [0.25, 0.3) is 22.8 Å². The van der Waals surface area contributed by atoms with Crippen LogP contribution in [0.4, 0.5) is 0 Å². The van der Waals surface area contributed by atoms with E-state index in [-0.39, 0.29) is 0 Å². The second kappa shape index (κ2) is 14.5. The lowest BCUT2D eigenvalue weighted by Gasteiger charge is -2.32. The van der Waals surface area contributed by atoms with E-state index >= 15 is 0 Å². The summed E-state index contributed by atoms with van der Waals surface area (Å²) in [6.07, 6.45) is 17.2. The van der Waals surface area contributed by atoms with Gasteiger partial charge in [-0.3, -0.25) is 0 Å². The molecule has 1 aliphatic carbocycles. The first-order valence-electron chi connectivity index (χ1n) is 19.0. The fourth-order valence-electron chi connectivity index (χ4n) is 7.13. The summed E-state index contributed by atoms with van der Waals surface area (Å²) >= 11 is 1.93. The van der Waals surface area contributed by atoms with Gasteiger partial charge in [-0.2, -0.15) is 0 Å². The Labute approximate surface area is 301 Å². The second-order valence-electron chi connectivity index (χ2n) is 16.6. The molecule has 0 spiro atoms. The maximum absolute atomic E-state index is 6.48. The van der Waals surface area contributed by atoms with Gasteiger partial charge in [-0.1, -0.05) is 101 Å². The highest BCUT2D eigenvalue weighted by atomic mass is 32.1. The monoisotopic (exact) mass is 680 g/mol. The van der Waals surface area contributed by atoms with Gasteiger partial charge >= 0.3 is 14.2 Å². The number of aryl methyl sites for hydroxylation is 1. The molecule has 0 N–H and O–H groups in total. The first-order chi connectivity index (χ1) is 23.2. The van der Waals surface area contributed by atoms with E-state index in [1.54, 1.807) is 0 Å². The number of thiophene rings is 1. The quantitative estimate of drug-likeness (QED) is 0.0982. The van der Waals surface area contributed by atoms with Crippen LogP contribution in [-0.4, -0.2) is 36.6 Å². The number of fused-ring (bicyclic) bond motifs is 3. The maximum Gasteiger partial charge on any atom is 0.494 e. The molecule has 2 aliphatic heterocycles. The van der Waals surface area contributed by atoms with Gasteiger partial charge in [-0.15, -0.1) is 11.3 Å². The molecule has 2 fully saturated rings. The topological polar surface area (TPSA) is 36.9 Å². The van der Waals surface area contributed by atoms with Gasteiger partial charge in [0.25, 0.3) is 0 Å². The summed E-state index contributed by atoms with van der Waals surface area (Å²) < 4.78 is 25.9. The van der Waals surface area contributed by atoms with Crippen molar-refractivity contribution in [1.29, 1.82) is 0 Å². The van der Waals surface area contributed by atoms with Crippen LogP contribution in [0.15, 0.2) is 48.5 Å². The van der Waals surface area contributed by atoms with Crippen LogP contribution in [0.3, 0.4) is 0 Å². The molecule has 0 amide bonds.